The number of rotatable bonds is 4. The number of nitrogens with zero attached hydrogens (tertiary/aromatic N) is 1. The lowest BCUT2D eigenvalue weighted by Crippen LogP contribution is -2.14. The molecule has 0 fully saturated rings. The highest BCUT2D eigenvalue weighted by Gasteiger charge is 2.12. The van der Waals surface area contributed by atoms with Gasteiger partial charge in [-0.15, -0.1) is 0 Å². The lowest BCUT2D eigenvalue weighted by molar-refractivity contribution is 0.102. The summed E-state index contributed by atoms with van der Waals surface area (Å²) in [6.45, 7) is -0.0202. The maximum Gasteiger partial charge on any atom is 0.259 e. The van der Waals surface area contributed by atoms with E-state index in [9.17, 15) is 4.79 Å². The second-order valence-electron chi connectivity index (χ2n) is 4.11. The highest BCUT2D eigenvalue weighted by molar-refractivity contribution is 9.10. The lowest BCUT2D eigenvalue weighted by Gasteiger charge is -2.09. The lowest BCUT2D eigenvalue weighted by atomic mass is 10.2. The Kier molecular flexibility index (Phi) is 4.70. The van der Waals surface area contributed by atoms with E-state index < -0.39 is 0 Å². The summed E-state index contributed by atoms with van der Waals surface area (Å²) in [6, 6.07) is 8.71. The predicted molar refractivity (Wildman–Crippen MR) is 81.8 cm³/mol. The van der Waals surface area contributed by atoms with Gasteiger partial charge in [0.2, 0.25) is 0 Å². The molecule has 0 radical (unpaired) electrons. The third-order valence-corrected chi connectivity index (χ3v) is 3.16. The molecule has 1 heterocycles. The molecule has 104 valence electrons. The Morgan fingerprint density at radius 2 is 2.05 bits per heavy atom. The quantitative estimate of drug-likeness (QED) is 0.802. The standard InChI is InChI=1S/C14H14BrN3O2/c1-16-13-12(6-10(15)7-17-13)14(20)18-11-4-2-9(8-19)3-5-11/h2-7,19H,8H2,1H3,(H,16,17)(H,18,20). The van der Waals surface area contributed by atoms with Crippen LogP contribution in [0.15, 0.2) is 41.0 Å². The maximum atomic E-state index is 12.2. The Morgan fingerprint density at radius 1 is 1.35 bits per heavy atom. The summed E-state index contributed by atoms with van der Waals surface area (Å²) in [5, 5.41) is 14.7. The summed E-state index contributed by atoms with van der Waals surface area (Å²) >= 11 is 3.30. The smallest absolute Gasteiger partial charge is 0.259 e. The summed E-state index contributed by atoms with van der Waals surface area (Å²) < 4.78 is 0.734. The number of carbonyl (C=O) groups excluding carboxylic acids is 1. The first kappa shape index (κ1) is 14.5. The molecule has 6 heteroatoms. The zero-order chi connectivity index (χ0) is 14.5. The highest BCUT2D eigenvalue weighted by Crippen LogP contribution is 2.19. The van der Waals surface area contributed by atoms with Crippen LogP contribution in [0.3, 0.4) is 0 Å². The largest absolute Gasteiger partial charge is 0.392 e. The summed E-state index contributed by atoms with van der Waals surface area (Å²) in [5.74, 6) is 0.262. The van der Waals surface area contributed by atoms with Gasteiger partial charge < -0.3 is 15.7 Å². The number of carbonyl (C=O) groups is 1. The number of aliphatic hydroxyl groups excluding tert-OH is 1. The molecule has 1 aromatic carbocycles. The third-order valence-electron chi connectivity index (χ3n) is 2.73. The second-order valence-corrected chi connectivity index (χ2v) is 5.02. The Labute approximate surface area is 125 Å². The average Bonchev–Trinajstić information content (AvgIpc) is 2.48. The molecule has 0 bridgehead atoms. The normalized spacial score (nSPS) is 10.2. The van der Waals surface area contributed by atoms with Crippen molar-refractivity contribution < 1.29 is 9.90 Å². The van der Waals surface area contributed by atoms with Crippen LogP contribution in [0.4, 0.5) is 11.5 Å². The van der Waals surface area contributed by atoms with Crippen molar-refractivity contribution >= 4 is 33.3 Å². The van der Waals surface area contributed by atoms with Crippen LogP contribution in [0.25, 0.3) is 0 Å². The van der Waals surface area contributed by atoms with Gasteiger partial charge in [0.05, 0.1) is 12.2 Å². The molecule has 0 saturated carbocycles. The van der Waals surface area contributed by atoms with E-state index in [2.05, 4.69) is 31.5 Å². The van der Waals surface area contributed by atoms with Gasteiger partial charge >= 0.3 is 0 Å². The molecule has 0 aliphatic carbocycles. The van der Waals surface area contributed by atoms with Gasteiger partial charge in [0, 0.05) is 23.4 Å². The zero-order valence-electron chi connectivity index (χ0n) is 10.9. The van der Waals surface area contributed by atoms with Crippen LogP contribution in [0.1, 0.15) is 15.9 Å². The number of anilines is 2. The van der Waals surface area contributed by atoms with Crippen molar-refractivity contribution in [3.63, 3.8) is 0 Å². The molecule has 2 rings (SSSR count). The fourth-order valence-electron chi connectivity index (χ4n) is 1.70. The zero-order valence-corrected chi connectivity index (χ0v) is 12.4. The molecular weight excluding hydrogens is 322 g/mol. The van der Waals surface area contributed by atoms with Crippen LogP contribution in [-0.4, -0.2) is 23.0 Å². The third kappa shape index (κ3) is 3.34. The van der Waals surface area contributed by atoms with Crippen molar-refractivity contribution in [2.24, 2.45) is 0 Å². The Balaban J connectivity index is 2.20. The van der Waals surface area contributed by atoms with E-state index in [1.807, 2.05) is 0 Å². The van der Waals surface area contributed by atoms with Crippen molar-refractivity contribution in [1.82, 2.24) is 4.98 Å². The van der Waals surface area contributed by atoms with E-state index in [4.69, 9.17) is 5.11 Å². The average molecular weight is 336 g/mol. The number of aromatic nitrogens is 1. The van der Waals surface area contributed by atoms with Crippen molar-refractivity contribution in [2.45, 2.75) is 6.61 Å². The minimum absolute atomic E-state index is 0.0202. The molecule has 0 spiro atoms. The molecule has 2 aromatic rings. The predicted octanol–water partition coefficient (Wildman–Crippen LogP) is 2.63. The van der Waals surface area contributed by atoms with Gasteiger partial charge in [-0.2, -0.15) is 0 Å². The molecule has 20 heavy (non-hydrogen) atoms. The molecule has 3 N–H and O–H groups in total. The van der Waals surface area contributed by atoms with Gasteiger partial charge in [-0.1, -0.05) is 12.1 Å². The van der Waals surface area contributed by atoms with Crippen LogP contribution in [-0.2, 0) is 6.61 Å². The molecule has 0 saturated heterocycles. The van der Waals surface area contributed by atoms with E-state index in [0.29, 0.717) is 17.1 Å². The Hall–Kier alpha value is -1.92. The first-order chi connectivity index (χ1) is 9.63. The first-order valence-electron chi connectivity index (χ1n) is 5.98. The number of aliphatic hydroxyl groups is 1. The van der Waals surface area contributed by atoms with E-state index in [0.717, 1.165) is 10.0 Å². The second kappa shape index (κ2) is 6.49. The molecule has 0 atom stereocenters. The van der Waals surface area contributed by atoms with Gasteiger partial charge in [0.25, 0.3) is 5.91 Å². The maximum absolute atomic E-state index is 12.2. The monoisotopic (exact) mass is 335 g/mol. The molecule has 1 amide bonds. The van der Waals surface area contributed by atoms with Gasteiger partial charge in [-0.05, 0) is 39.7 Å². The Bertz CT molecular complexity index is 614. The van der Waals surface area contributed by atoms with E-state index in [1.54, 1.807) is 43.6 Å². The highest BCUT2D eigenvalue weighted by atomic mass is 79.9. The van der Waals surface area contributed by atoms with Gasteiger partial charge in [0.15, 0.2) is 0 Å². The molecule has 5 nitrogen and oxygen atoms in total. The van der Waals surface area contributed by atoms with Crippen LogP contribution in [0, 0.1) is 0 Å². The fourth-order valence-corrected chi connectivity index (χ4v) is 2.03. The molecule has 0 aliphatic heterocycles. The number of benzene rings is 1. The van der Waals surface area contributed by atoms with Crippen LogP contribution < -0.4 is 10.6 Å². The summed E-state index contributed by atoms with van der Waals surface area (Å²) in [4.78, 5) is 16.4. The van der Waals surface area contributed by atoms with Crippen LogP contribution >= 0.6 is 15.9 Å². The van der Waals surface area contributed by atoms with Crippen molar-refractivity contribution in [3.8, 4) is 0 Å². The topological polar surface area (TPSA) is 74.2 Å². The van der Waals surface area contributed by atoms with E-state index in [-0.39, 0.29) is 12.5 Å². The molecule has 0 unspecified atom stereocenters. The van der Waals surface area contributed by atoms with Crippen LogP contribution in [0.2, 0.25) is 0 Å². The molecule has 1 aromatic heterocycles. The molecule has 0 aliphatic rings. The number of nitrogens with one attached hydrogen (secondary N) is 2. The van der Waals surface area contributed by atoms with Gasteiger partial charge in [-0.25, -0.2) is 4.98 Å². The number of amides is 1. The number of halogens is 1. The summed E-state index contributed by atoms with van der Waals surface area (Å²) in [5.41, 5.74) is 1.91. The number of hydrogen-bond donors (Lipinski definition) is 3. The SMILES string of the molecule is CNc1ncc(Br)cc1C(=O)Nc1ccc(CO)cc1. The minimum atomic E-state index is -0.250. The Morgan fingerprint density at radius 3 is 2.65 bits per heavy atom. The number of pyridine rings is 1. The van der Waals surface area contributed by atoms with Crippen molar-refractivity contribution in [3.05, 3.63) is 52.1 Å². The summed E-state index contributed by atoms with van der Waals surface area (Å²) in [6.07, 6.45) is 1.62. The minimum Gasteiger partial charge on any atom is -0.392 e. The van der Waals surface area contributed by atoms with Gasteiger partial charge in [-0.3, -0.25) is 4.79 Å². The van der Waals surface area contributed by atoms with E-state index >= 15 is 0 Å². The first-order valence-corrected chi connectivity index (χ1v) is 6.78. The molecular formula is C14H14BrN3O2. The van der Waals surface area contributed by atoms with E-state index in [1.165, 1.54) is 0 Å². The summed E-state index contributed by atoms with van der Waals surface area (Å²) in [7, 11) is 1.71. The van der Waals surface area contributed by atoms with Crippen LogP contribution in [0.5, 0.6) is 0 Å². The van der Waals surface area contributed by atoms with Crippen molar-refractivity contribution in [2.75, 3.05) is 17.7 Å². The number of hydrogen-bond acceptors (Lipinski definition) is 4. The van der Waals surface area contributed by atoms with Crippen molar-refractivity contribution in [1.29, 1.82) is 0 Å². The van der Waals surface area contributed by atoms with Gasteiger partial charge in [0.1, 0.15) is 5.82 Å². The fraction of sp³-hybridized carbons (Fsp3) is 0.143.